The lowest BCUT2D eigenvalue weighted by Gasteiger charge is -2.20. The van der Waals surface area contributed by atoms with Gasteiger partial charge in [0.2, 0.25) is 0 Å². The van der Waals surface area contributed by atoms with Crippen LogP contribution in [0.2, 0.25) is 0 Å². The molecule has 2 N–H and O–H groups in total. The van der Waals surface area contributed by atoms with E-state index in [9.17, 15) is 4.79 Å². The van der Waals surface area contributed by atoms with Crippen molar-refractivity contribution in [3.05, 3.63) is 35.4 Å². The summed E-state index contributed by atoms with van der Waals surface area (Å²) in [5.74, 6) is 0.258. The number of carbonyl (C=O) groups excluding carboxylic acids is 1. The molecule has 2 rings (SSSR count). The van der Waals surface area contributed by atoms with Gasteiger partial charge in [-0.2, -0.15) is 0 Å². The van der Waals surface area contributed by atoms with Crippen molar-refractivity contribution in [2.45, 2.75) is 19.3 Å². The molecule has 0 aromatic heterocycles. The van der Waals surface area contributed by atoms with Crippen LogP contribution in [0.3, 0.4) is 0 Å². The minimum Gasteiger partial charge on any atom is -0.381 e. The minimum absolute atomic E-state index is 0.0455. The average Bonchev–Trinajstić information content (AvgIpc) is 2.40. The van der Waals surface area contributed by atoms with Crippen LogP contribution in [0.4, 0.5) is 0 Å². The summed E-state index contributed by atoms with van der Waals surface area (Å²) in [5, 5.41) is 0. The highest BCUT2D eigenvalue weighted by molar-refractivity contribution is 5.98. The van der Waals surface area contributed by atoms with Crippen molar-refractivity contribution in [3.8, 4) is 0 Å². The summed E-state index contributed by atoms with van der Waals surface area (Å²) in [5.41, 5.74) is 7.47. The molecule has 1 aromatic carbocycles. The normalized spacial score (nSPS) is 20.2. The fourth-order valence-corrected chi connectivity index (χ4v) is 2.19. The Bertz CT molecular complexity index is 366. The van der Waals surface area contributed by atoms with Gasteiger partial charge in [0.15, 0.2) is 5.78 Å². The summed E-state index contributed by atoms with van der Waals surface area (Å²) < 4.78 is 5.35. The number of ketones is 1. The van der Waals surface area contributed by atoms with E-state index in [1.165, 1.54) is 5.56 Å². The quantitative estimate of drug-likeness (QED) is 0.807. The molecular formula is C14H19NO2. The highest BCUT2D eigenvalue weighted by Gasteiger charge is 2.22. The maximum atomic E-state index is 12.2. The van der Waals surface area contributed by atoms with Crippen molar-refractivity contribution in [1.29, 1.82) is 0 Å². The van der Waals surface area contributed by atoms with Gasteiger partial charge in [-0.3, -0.25) is 4.79 Å². The Kier molecular flexibility index (Phi) is 4.29. The van der Waals surface area contributed by atoms with Gasteiger partial charge in [0.25, 0.3) is 0 Å². The molecule has 1 aliphatic rings. The molecule has 17 heavy (non-hydrogen) atoms. The summed E-state index contributed by atoms with van der Waals surface area (Å²) in [6.07, 6.45) is 2.80. The predicted molar refractivity (Wildman–Crippen MR) is 67.1 cm³/mol. The van der Waals surface area contributed by atoms with Gasteiger partial charge < -0.3 is 10.5 Å². The summed E-state index contributed by atoms with van der Waals surface area (Å²) in [4.78, 5) is 12.2. The molecule has 1 atom stereocenters. The number of carbonyl (C=O) groups is 1. The van der Waals surface area contributed by atoms with Gasteiger partial charge in [0.1, 0.15) is 0 Å². The SMILES string of the molecule is NCCc1ccc(C(=O)C2CCCOC2)cc1. The lowest BCUT2D eigenvalue weighted by atomic mass is 9.92. The molecule has 3 nitrogen and oxygen atoms in total. The second-order valence-electron chi connectivity index (χ2n) is 4.51. The van der Waals surface area contributed by atoms with Crippen LogP contribution in [0.15, 0.2) is 24.3 Å². The molecule has 0 saturated carbocycles. The maximum Gasteiger partial charge on any atom is 0.168 e. The minimum atomic E-state index is 0.0455. The molecule has 1 unspecified atom stereocenters. The van der Waals surface area contributed by atoms with Crippen molar-refractivity contribution in [3.63, 3.8) is 0 Å². The molecule has 1 fully saturated rings. The average molecular weight is 233 g/mol. The van der Waals surface area contributed by atoms with E-state index in [4.69, 9.17) is 10.5 Å². The number of hydrogen-bond acceptors (Lipinski definition) is 3. The van der Waals surface area contributed by atoms with E-state index in [1.54, 1.807) is 0 Å². The van der Waals surface area contributed by atoms with Crippen molar-refractivity contribution < 1.29 is 9.53 Å². The van der Waals surface area contributed by atoms with Crippen molar-refractivity contribution in [2.24, 2.45) is 11.7 Å². The first-order valence-corrected chi connectivity index (χ1v) is 6.22. The highest BCUT2D eigenvalue weighted by atomic mass is 16.5. The number of nitrogens with two attached hydrogens (primary N) is 1. The number of hydrogen-bond donors (Lipinski definition) is 1. The summed E-state index contributed by atoms with van der Waals surface area (Å²) in [6.45, 7) is 2.01. The van der Waals surface area contributed by atoms with E-state index in [-0.39, 0.29) is 11.7 Å². The van der Waals surface area contributed by atoms with Gasteiger partial charge in [-0.1, -0.05) is 24.3 Å². The fourth-order valence-electron chi connectivity index (χ4n) is 2.19. The third kappa shape index (κ3) is 3.14. The zero-order chi connectivity index (χ0) is 12.1. The Balaban J connectivity index is 2.03. The molecule has 92 valence electrons. The third-order valence-corrected chi connectivity index (χ3v) is 3.20. The summed E-state index contributed by atoms with van der Waals surface area (Å²) >= 11 is 0. The lowest BCUT2D eigenvalue weighted by molar-refractivity contribution is 0.0461. The molecule has 1 aromatic rings. The molecule has 0 spiro atoms. The van der Waals surface area contributed by atoms with Gasteiger partial charge >= 0.3 is 0 Å². The molecule has 1 heterocycles. The van der Waals surface area contributed by atoms with E-state index >= 15 is 0 Å². The zero-order valence-electron chi connectivity index (χ0n) is 10.0. The van der Waals surface area contributed by atoms with Crippen LogP contribution in [0.25, 0.3) is 0 Å². The van der Waals surface area contributed by atoms with Gasteiger partial charge in [0.05, 0.1) is 6.61 Å². The van der Waals surface area contributed by atoms with Gasteiger partial charge in [-0.05, 0) is 31.4 Å². The Hall–Kier alpha value is -1.19. The van der Waals surface area contributed by atoms with Gasteiger partial charge in [-0.25, -0.2) is 0 Å². The standard InChI is InChI=1S/C14H19NO2/c15-8-7-11-3-5-12(6-4-11)14(16)13-2-1-9-17-10-13/h3-6,13H,1-2,7-10,15H2. The second kappa shape index (κ2) is 5.94. The predicted octanol–water partition coefficient (Wildman–Crippen LogP) is 1.80. The second-order valence-corrected chi connectivity index (χ2v) is 4.51. The van der Waals surface area contributed by atoms with Gasteiger partial charge in [-0.15, -0.1) is 0 Å². The van der Waals surface area contributed by atoms with E-state index < -0.39 is 0 Å². The smallest absolute Gasteiger partial charge is 0.168 e. The first-order chi connectivity index (χ1) is 8.31. The Morgan fingerprint density at radius 1 is 1.35 bits per heavy atom. The maximum absolute atomic E-state index is 12.2. The molecule has 1 saturated heterocycles. The number of rotatable bonds is 4. The van der Waals surface area contributed by atoms with Crippen molar-refractivity contribution in [1.82, 2.24) is 0 Å². The van der Waals surface area contributed by atoms with E-state index in [0.29, 0.717) is 13.2 Å². The largest absolute Gasteiger partial charge is 0.381 e. The van der Waals surface area contributed by atoms with E-state index in [1.807, 2.05) is 24.3 Å². The van der Waals surface area contributed by atoms with E-state index in [0.717, 1.165) is 31.4 Å². The molecule has 0 radical (unpaired) electrons. The van der Waals surface area contributed by atoms with Crippen LogP contribution in [0, 0.1) is 5.92 Å². The molecule has 3 heteroatoms. The first kappa shape index (κ1) is 12.3. The zero-order valence-corrected chi connectivity index (χ0v) is 10.0. The Morgan fingerprint density at radius 2 is 2.12 bits per heavy atom. The molecular weight excluding hydrogens is 214 g/mol. The molecule has 1 aliphatic heterocycles. The summed E-state index contributed by atoms with van der Waals surface area (Å²) in [7, 11) is 0. The van der Waals surface area contributed by atoms with Crippen molar-refractivity contribution >= 4 is 5.78 Å². The molecule has 0 aliphatic carbocycles. The lowest BCUT2D eigenvalue weighted by Crippen LogP contribution is -2.25. The van der Waals surface area contributed by atoms with Crippen LogP contribution in [0.5, 0.6) is 0 Å². The highest BCUT2D eigenvalue weighted by Crippen LogP contribution is 2.19. The van der Waals surface area contributed by atoms with Gasteiger partial charge in [0, 0.05) is 18.1 Å². The molecule has 0 bridgehead atoms. The number of ether oxygens (including phenoxy) is 1. The number of Topliss-reactive ketones (excluding diaryl/α,β-unsaturated/α-hetero) is 1. The van der Waals surface area contributed by atoms with Crippen LogP contribution < -0.4 is 5.73 Å². The van der Waals surface area contributed by atoms with E-state index in [2.05, 4.69) is 0 Å². The first-order valence-electron chi connectivity index (χ1n) is 6.22. The topological polar surface area (TPSA) is 52.3 Å². The third-order valence-electron chi connectivity index (χ3n) is 3.20. The van der Waals surface area contributed by atoms with Crippen LogP contribution >= 0.6 is 0 Å². The van der Waals surface area contributed by atoms with Crippen LogP contribution in [-0.2, 0) is 11.2 Å². The molecule has 0 amide bonds. The fraction of sp³-hybridized carbons (Fsp3) is 0.500. The number of benzene rings is 1. The van der Waals surface area contributed by atoms with Crippen molar-refractivity contribution in [2.75, 3.05) is 19.8 Å². The summed E-state index contributed by atoms with van der Waals surface area (Å²) in [6, 6.07) is 7.79. The van der Waals surface area contributed by atoms with Crippen LogP contribution in [-0.4, -0.2) is 25.5 Å². The Morgan fingerprint density at radius 3 is 2.71 bits per heavy atom. The van der Waals surface area contributed by atoms with Crippen LogP contribution in [0.1, 0.15) is 28.8 Å². The monoisotopic (exact) mass is 233 g/mol. The Labute approximate surface area is 102 Å².